The summed E-state index contributed by atoms with van der Waals surface area (Å²) in [5.41, 5.74) is 0.523. The van der Waals surface area contributed by atoms with Crippen molar-refractivity contribution in [2.75, 3.05) is 18.5 Å². The third kappa shape index (κ3) is 3.23. The van der Waals surface area contributed by atoms with Crippen LogP contribution in [0.1, 0.15) is 39.0 Å². The van der Waals surface area contributed by atoms with Gasteiger partial charge in [-0.3, -0.25) is 4.79 Å². The highest BCUT2D eigenvalue weighted by molar-refractivity contribution is 9.10. The largest absolute Gasteiger partial charge is 0.396 e. The van der Waals surface area contributed by atoms with Gasteiger partial charge in [-0.1, -0.05) is 19.3 Å². The normalized spacial score (nSPS) is 17.9. The molecule has 0 bridgehead atoms. The number of aliphatic hydroxyl groups is 1. The van der Waals surface area contributed by atoms with Crippen LogP contribution in [-0.4, -0.2) is 28.0 Å². The van der Waals surface area contributed by atoms with E-state index in [1.165, 1.54) is 23.9 Å². The summed E-state index contributed by atoms with van der Waals surface area (Å²) in [6.07, 6.45) is 7.32. The molecule has 1 aliphatic carbocycles. The lowest BCUT2D eigenvalue weighted by Gasteiger charge is -2.36. The van der Waals surface area contributed by atoms with Crippen molar-refractivity contribution in [1.29, 1.82) is 0 Å². The van der Waals surface area contributed by atoms with E-state index in [1.54, 1.807) is 6.20 Å². The van der Waals surface area contributed by atoms with E-state index in [0.29, 0.717) is 23.2 Å². The summed E-state index contributed by atoms with van der Waals surface area (Å²) < 4.78 is 1.93. The average molecular weight is 344 g/mol. The second kappa shape index (κ2) is 6.72. The highest BCUT2D eigenvalue weighted by Gasteiger charge is 2.31. The highest BCUT2D eigenvalue weighted by Crippen LogP contribution is 2.36. The minimum absolute atomic E-state index is 0.0582. The maximum Gasteiger partial charge on any atom is 0.283 e. The number of hydrogen-bond acceptors (Lipinski definition) is 4. The molecule has 0 unspecified atom stereocenters. The lowest BCUT2D eigenvalue weighted by molar-refractivity contribution is 0.0944. The predicted molar refractivity (Wildman–Crippen MR) is 83.0 cm³/mol. The SMILES string of the molecule is CCn1ncc(NCC2(CO)CCCCC2)c(Br)c1=O. The number of anilines is 1. The number of aromatic nitrogens is 2. The van der Waals surface area contributed by atoms with E-state index in [0.717, 1.165) is 12.8 Å². The van der Waals surface area contributed by atoms with Crippen molar-refractivity contribution >= 4 is 21.6 Å². The Morgan fingerprint density at radius 1 is 1.45 bits per heavy atom. The molecule has 0 amide bonds. The van der Waals surface area contributed by atoms with Gasteiger partial charge < -0.3 is 10.4 Å². The van der Waals surface area contributed by atoms with Crippen molar-refractivity contribution in [3.8, 4) is 0 Å². The molecule has 1 heterocycles. The predicted octanol–water partition coefficient (Wildman–Crippen LogP) is 2.38. The average Bonchev–Trinajstić information content (AvgIpc) is 2.50. The van der Waals surface area contributed by atoms with Gasteiger partial charge in [0.05, 0.1) is 18.5 Å². The molecule has 112 valence electrons. The molecule has 6 heteroatoms. The van der Waals surface area contributed by atoms with Gasteiger partial charge in [-0.05, 0) is 35.7 Å². The van der Waals surface area contributed by atoms with Crippen LogP contribution in [-0.2, 0) is 6.54 Å². The first-order valence-corrected chi connectivity index (χ1v) is 8.01. The van der Waals surface area contributed by atoms with Gasteiger partial charge in [0.1, 0.15) is 4.47 Å². The summed E-state index contributed by atoms with van der Waals surface area (Å²) in [6.45, 7) is 3.31. The van der Waals surface area contributed by atoms with Crippen molar-refractivity contribution in [1.82, 2.24) is 9.78 Å². The van der Waals surface area contributed by atoms with E-state index < -0.39 is 0 Å². The van der Waals surface area contributed by atoms with Crippen LogP contribution < -0.4 is 10.9 Å². The maximum atomic E-state index is 12.0. The van der Waals surface area contributed by atoms with Crippen LogP contribution in [0.5, 0.6) is 0 Å². The molecule has 5 nitrogen and oxygen atoms in total. The highest BCUT2D eigenvalue weighted by atomic mass is 79.9. The molecule has 0 aromatic carbocycles. The van der Waals surface area contributed by atoms with Gasteiger partial charge in [0, 0.05) is 18.5 Å². The molecule has 0 spiro atoms. The standard InChI is InChI=1S/C14H22BrN3O2/c1-2-18-13(20)12(15)11(8-17-18)16-9-14(10-19)6-4-3-5-7-14/h8,16,19H,2-7,9-10H2,1H3. The quantitative estimate of drug-likeness (QED) is 0.861. The number of hydrogen-bond donors (Lipinski definition) is 2. The molecule has 0 radical (unpaired) electrons. The smallest absolute Gasteiger partial charge is 0.283 e. The Labute approximate surface area is 127 Å². The first-order chi connectivity index (χ1) is 9.62. The van der Waals surface area contributed by atoms with Gasteiger partial charge in [0.2, 0.25) is 0 Å². The molecule has 2 N–H and O–H groups in total. The minimum Gasteiger partial charge on any atom is -0.396 e. The van der Waals surface area contributed by atoms with Crippen LogP contribution in [0, 0.1) is 5.41 Å². The number of aliphatic hydroxyl groups excluding tert-OH is 1. The van der Waals surface area contributed by atoms with Gasteiger partial charge in [0.15, 0.2) is 0 Å². The monoisotopic (exact) mass is 343 g/mol. The fraction of sp³-hybridized carbons (Fsp3) is 0.714. The Bertz CT molecular complexity index is 510. The molecule has 1 saturated carbocycles. The number of nitrogens with zero attached hydrogens (tertiary/aromatic N) is 2. The van der Waals surface area contributed by atoms with Gasteiger partial charge >= 0.3 is 0 Å². The van der Waals surface area contributed by atoms with Gasteiger partial charge in [-0.15, -0.1) is 0 Å². The molecule has 0 atom stereocenters. The second-order valence-electron chi connectivity index (χ2n) is 5.57. The molecule has 1 aliphatic rings. The summed E-state index contributed by atoms with van der Waals surface area (Å²) in [5, 5.41) is 17.1. The van der Waals surface area contributed by atoms with Crippen molar-refractivity contribution in [2.45, 2.75) is 45.6 Å². The molecule has 1 aromatic heterocycles. The van der Waals surface area contributed by atoms with E-state index in [-0.39, 0.29) is 17.6 Å². The van der Waals surface area contributed by atoms with Crippen LogP contribution >= 0.6 is 15.9 Å². The fourth-order valence-corrected chi connectivity index (χ4v) is 3.24. The number of nitrogens with one attached hydrogen (secondary N) is 1. The van der Waals surface area contributed by atoms with Crippen LogP contribution in [0.3, 0.4) is 0 Å². The zero-order chi connectivity index (χ0) is 14.6. The molecular formula is C14H22BrN3O2. The lowest BCUT2D eigenvalue weighted by Crippen LogP contribution is -2.36. The summed E-state index contributed by atoms with van der Waals surface area (Å²) >= 11 is 3.34. The zero-order valence-corrected chi connectivity index (χ0v) is 13.4. The van der Waals surface area contributed by atoms with E-state index in [1.807, 2.05) is 6.92 Å². The maximum absolute atomic E-state index is 12.0. The molecule has 0 saturated heterocycles. The number of rotatable bonds is 5. The number of halogens is 1. The minimum atomic E-state index is -0.126. The van der Waals surface area contributed by atoms with Gasteiger partial charge in [-0.2, -0.15) is 5.10 Å². The van der Waals surface area contributed by atoms with E-state index in [9.17, 15) is 9.90 Å². The summed E-state index contributed by atoms with van der Waals surface area (Å²) in [7, 11) is 0. The van der Waals surface area contributed by atoms with E-state index in [2.05, 4.69) is 26.3 Å². The molecule has 20 heavy (non-hydrogen) atoms. The van der Waals surface area contributed by atoms with Crippen LogP contribution in [0.4, 0.5) is 5.69 Å². The third-order valence-electron chi connectivity index (χ3n) is 4.19. The van der Waals surface area contributed by atoms with E-state index in [4.69, 9.17) is 0 Å². The van der Waals surface area contributed by atoms with Gasteiger partial charge in [0.25, 0.3) is 5.56 Å². The Morgan fingerprint density at radius 2 is 2.15 bits per heavy atom. The summed E-state index contributed by atoms with van der Waals surface area (Å²) in [5.74, 6) is 0. The first kappa shape index (κ1) is 15.5. The summed E-state index contributed by atoms with van der Waals surface area (Å²) in [4.78, 5) is 12.0. The molecule has 1 aromatic rings. The molecule has 0 aliphatic heterocycles. The molecule has 2 rings (SSSR count). The van der Waals surface area contributed by atoms with Crippen LogP contribution in [0.15, 0.2) is 15.5 Å². The Morgan fingerprint density at radius 3 is 2.75 bits per heavy atom. The molecule has 1 fully saturated rings. The lowest BCUT2D eigenvalue weighted by atomic mass is 9.74. The van der Waals surface area contributed by atoms with Crippen molar-refractivity contribution in [3.63, 3.8) is 0 Å². The van der Waals surface area contributed by atoms with Crippen LogP contribution in [0.2, 0.25) is 0 Å². The Hall–Kier alpha value is -0.880. The topological polar surface area (TPSA) is 67.2 Å². The molecular weight excluding hydrogens is 322 g/mol. The van der Waals surface area contributed by atoms with Gasteiger partial charge in [-0.25, -0.2) is 4.68 Å². The first-order valence-electron chi connectivity index (χ1n) is 7.22. The Kier molecular flexibility index (Phi) is 5.21. The van der Waals surface area contributed by atoms with Crippen molar-refractivity contribution < 1.29 is 5.11 Å². The van der Waals surface area contributed by atoms with Crippen molar-refractivity contribution in [2.24, 2.45) is 5.41 Å². The van der Waals surface area contributed by atoms with Crippen molar-refractivity contribution in [3.05, 3.63) is 21.0 Å². The Balaban J connectivity index is 2.10. The second-order valence-corrected chi connectivity index (χ2v) is 6.36. The summed E-state index contributed by atoms with van der Waals surface area (Å²) in [6, 6.07) is 0. The van der Waals surface area contributed by atoms with Crippen LogP contribution in [0.25, 0.3) is 0 Å². The van der Waals surface area contributed by atoms with E-state index >= 15 is 0 Å². The third-order valence-corrected chi connectivity index (χ3v) is 4.95. The zero-order valence-electron chi connectivity index (χ0n) is 11.9. The fourth-order valence-electron chi connectivity index (χ4n) is 2.79. The number of aryl methyl sites for hydroxylation is 1.